The fraction of sp³-hybridized carbons (Fsp3) is 0.500. The van der Waals surface area contributed by atoms with E-state index in [4.69, 9.17) is 18.5 Å². The summed E-state index contributed by atoms with van der Waals surface area (Å²) in [6.45, 7) is 3.57. The number of rotatable bonds is 28. The first-order valence-corrected chi connectivity index (χ1v) is 24.4. The highest BCUT2D eigenvalue weighted by Crippen LogP contribution is 2.48. The van der Waals surface area contributed by atoms with Crippen LogP contribution >= 0.6 is 7.82 Å². The van der Waals surface area contributed by atoms with Gasteiger partial charge in [0.2, 0.25) is 0 Å². The molecule has 0 amide bonds. The minimum atomic E-state index is -4.90. The van der Waals surface area contributed by atoms with Crippen molar-refractivity contribution in [1.82, 2.24) is 0 Å². The van der Waals surface area contributed by atoms with Crippen LogP contribution in [0.4, 0.5) is 0 Å². The number of phosphoric acid groups is 1. The first-order valence-electron chi connectivity index (χ1n) is 22.9. The lowest BCUT2D eigenvalue weighted by atomic mass is 9.80. The Labute approximate surface area is 362 Å². The second-order valence-electron chi connectivity index (χ2n) is 17.0. The minimum Gasteiger partial charge on any atom is -0.746 e. The van der Waals surface area contributed by atoms with Crippen LogP contribution in [-0.4, -0.2) is 51.0 Å². The largest absolute Gasteiger partial charge is 0.746 e. The van der Waals surface area contributed by atoms with E-state index in [1.165, 1.54) is 77.0 Å². The van der Waals surface area contributed by atoms with Crippen molar-refractivity contribution in [3.8, 4) is 0 Å². The molecule has 2 atom stereocenters. The molecule has 0 spiro atoms. The Kier molecular flexibility index (Phi) is 20.1. The van der Waals surface area contributed by atoms with Crippen molar-refractivity contribution in [2.75, 3.05) is 40.5 Å². The van der Waals surface area contributed by atoms with E-state index in [-0.39, 0.29) is 13.2 Å². The van der Waals surface area contributed by atoms with E-state index < -0.39 is 19.5 Å². The zero-order valence-electron chi connectivity index (χ0n) is 36.8. The third-order valence-corrected chi connectivity index (χ3v) is 12.7. The smallest absolute Gasteiger partial charge is 0.320 e. The molecule has 60 heavy (non-hydrogen) atoms. The Bertz CT molecular complexity index is 1740. The zero-order valence-corrected chi connectivity index (χ0v) is 37.7. The number of benzene rings is 4. The highest BCUT2D eigenvalue weighted by Gasteiger charge is 2.40. The first kappa shape index (κ1) is 47.5. The van der Waals surface area contributed by atoms with E-state index in [1.807, 2.05) is 84.9 Å². The number of piperidine rings is 1. The molecule has 5 rings (SSSR count). The molecule has 8 heteroatoms. The van der Waals surface area contributed by atoms with Gasteiger partial charge in [-0.15, -0.1) is 0 Å². The van der Waals surface area contributed by atoms with Gasteiger partial charge in [-0.05, 0) is 36.0 Å². The standard InChI is InChI=1S/C52H72NO6P/c1-4-5-6-7-8-9-10-11-12-13-14-15-16-31-42-56-43-49(44-57-60(54,55)59-51(45-32-21-17-22-33-45)50-40-29-30-41-53(50,2)3)58-52(46-34-23-18-24-35-46,47-36-25-19-26-37-47)48-38-27-20-28-39-48/h17-28,32-39,49H,4-16,29-31,40-44H2,1-3H3. The van der Waals surface area contributed by atoms with Crippen molar-refractivity contribution >= 4 is 13.6 Å². The molecule has 1 heterocycles. The summed E-state index contributed by atoms with van der Waals surface area (Å²) in [6.07, 6.45) is 20.0. The summed E-state index contributed by atoms with van der Waals surface area (Å²) in [5, 5.41) is 0. The summed E-state index contributed by atoms with van der Waals surface area (Å²) >= 11 is 0. The Morgan fingerprint density at radius 3 is 1.55 bits per heavy atom. The van der Waals surface area contributed by atoms with Crippen LogP contribution in [-0.2, 0) is 28.7 Å². The second kappa shape index (κ2) is 25.4. The summed E-state index contributed by atoms with van der Waals surface area (Å²) in [5.41, 5.74) is 3.29. The third kappa shape index (κ3) is 14.8. The number of hydrogen-bond acceptors (Lipinski definition) is 6. The molecule has 1 aliphatic heterocycles. The van der Waals surface area contributed by atoms with Gasteiger partial charge < -0.3 is 23.4 Å². The van der Waals surface area contributed by atoms with E-state index in [1.54, 1.807) is 0 Å². The van der Waals surface area contributed by atoms with Crippen LogP contribution < -0.4 is 4.89 Å². The van der Waals surface area contributed by atoms with Crippen molar-refractivity contribution in [3.63, 3.8) is 0 Å². The maximum atomic E-state index is 14.0. The fourth-order valence-electron chi connectivity index (χ4n) is 8.50. The topological polar surface area (TPSA) is 77.1 Å². The van der Waals surface area contributed by atoms with Gasteiger partial charge in [0, 0.05) is 18.6 Å². The number of phosphoric ester groups is 1. The summed E-state index contributed by atoms with van der Waals surface area (Å²) in [6, 6.07) is 39.8. The van der Waals surface area contributed by atoms with Gasteiger partial charge in [0.05, 0.1) is 33.9 Å². The summed E-state index contributed by atoms with van der Waals surface area (Å²) < 4.78 is 40.1. The molecule has 4 aromatic rings. The van der Waals surface area contributed by atoms with Gasteiger partial charge in [-0.3, -0.25) is 9.05 Å². The van der Waals surface area contributed by atoms with Crippen LogP contribution in [0.15, 0.2) is 127 Å². The molecule has 0 aliphatic carbocycles. The monoisotopic (exact) mass is 838 g/mol. The molecule has 1 aliphatic rings. The predicted molar refractivity (Wildman–Crippen MR) is 244 cm³/mol. The molecule has 1 saturated heterocycles. The van der Waals surface area contributed by atoms with Gasteiger partial charge in [-0.25, -0.2) is 0 Å². The number of unbranched alkanes of at least 4 members (excludes halogenated alkanes) is 13. The van der Waals surface area contributed by atoms with Crippen LogP contribution in [0.5, 0.6) is 0 Å². The van der Waals surface area contributed by atoms with E-state index in [0.29, 0.717) is 22.4 Å². The summed E-state index contributed by atoms with van der Waals surface area (Å²) in [7, 11) is -0.694. The van der Waals surface area contributed by atoms with E-state index in [2.05, 4.69) is 57.4 Å². The van der Waals surface area contributed by atoms with Gasteiger partial charge in [0.15, 0.2) is 11.5 Å². The van der Waals surface area contributed by atoms with Crippen molar-refractivity contribution < 1.29 is 32.5 Å². The van der Waals surface area contributed by atoms with Crippen molar-refractivity contribution in [1.29, 1.82) is 0 Å². The Hall–Kier alpha value is -3.55. The van der Waals surface area contributed by atoms with Crippen LogP contribution in [0.2, 0.25) is 0 Å². The highest BCUT2D eigenvalue weighted by molar-refractivity contribution is 7.46. The molecule has 0 aromatic heterocycles. The quantitative estimate of drug-likeness (QED) is 0.0186. The molecule has 2 unspecified atom stereocenters. The van der Waals surface area contributed by atoms with Gasteiger partial charge in [0.25, 0.3) is 0 Å². The molecule has 0 N–H and O–H groups in total. The summed E-state index contributed by atoms with van der Waals surface area (Å²) in [5.74, 6) is 0.345. The van der Waals surface area contributed by atoms with E-state index >= 15 is 0 Å². The number of allylic oxidation sites excluding steroid dienone is 1. The van der Waals surface area contributed by atoms with Crippen LogP contribution in [0.1, 0.15) is 138 Å². The molecule has 4 aromatic carbocycles. The normalized spacial score (nSPS) is 16.5. The maximum absolute atomic E-state index is 14.0. The molecular formula is C52H72NO6P. The van der Waals surface area contributed by atoms with Crippen LogP contribution in [0.3, 0.4) is 0 Å². The second-order valence-corrected chi connectivity index (χ2v) is 18.4. The lowest BCUT2D eigenvalue weighted by Gasteiger charge is -2.40. The minimum absolute atomic E-state index is 0.142. The lowest BCUT2D eigenvalue weighted by molar-refractivity contribution is -0.857. The average molecular weight is 838 g/mol. The molecule has 326 valence electrons. The SMILES string of the molecule is CCCCCCCCCCCCCCCCOCC(COP(=O)([O-])OC(=C1CCCC[N+]1(C)C)c1ccccc1)OC(c1ccccc1)(c1ccccc1)c1ccccc1. The van der Waals surface area contributed by atoms with Gasteiger partial charge in [0.1, 0.15) is 11.7 Å². The van der Waals surface area contributed by atoms with Crippen LogP contribution in [0.25, 0.3) is 5.76 Å². The highest BCUT2D eigenvalue weighted by atomic mass is 31.2. The number of hydrogen-bond donors (Lipinski definition) is 0. The number of nitrogens with zero attached hydrogens (tertiary/aromatic N) is 1. The number of ether oxygens (including phenoxy) is 2. The molecule has 0 bridgehead atoms. The number of quaternary nitrogens is 1. The Morgan fingerprint density at radius 2 is 1.08 bits per heavy atom. The first-order chi connectivity index (χ1) is 29.2. The van der Waals surface area contributed by atoms with Crippen molar-refractivity contribution in [2.45, 2.75) is 128 Å². The number of likely N-dealkylation sites (tertiary alicyclic amines) is 1. The maximum Gasteiger partial charge on any atom is 0.320 e. The third-order valence-electron chi connectivity index (χ3n) is 11.9. The van der Waals surface area contributed by atoms with Crippen molar-refractivity contribution in [2.24, 2.45) is 0 Å². The van der Waals surface area contributed by atoms with Crippen molar-refractivity contribution in [3.05, 3.63) is 149 Å². The van der Waals surface area contributed by atoms with Gasteiger partial charge in [-0.1, -0.05) is 212 Å². The lowest BCUT2D eigenvalue weighted by Crippen LogP contribution is -2.42. The Morgan fingerprint density at radius 1 is 0.633 bits per heavy atom. The fourth-order valence-corrected chi connectivity index (χ4v) is 9.34. The molecule has 7 nitrogen and oxygen atoms in total. The van der Waals surface area contributed by atoms with Crippen LogP contribution in [0, 0.1) is 0 Å². The molecule has 0 saturated carbocycles. The van der Waals surface area contributed by atoms with Gasteiger partial charge in [-0.2, -0.15) is 0 Å². The zero-order chi connectivity index (χ0) is 42.4. The van der Waals surface area contributed by atoms with E-state index in [0.717, 1.165) is 61.0 Å². The molecular weight excluding hydrogens is 766 g/mol. The van der Waals surface area contributed by atoms with E-state index in [9.17, 15) is 9.46 Å². The molecule has 0 radical (unpaired) electrons. The average Bonchev–Trinajstić information content (AvgIpc) is 3.27. The molecule has 1 fully saturated rings. The summed E-state index contributed by atoms with van der Waals surface area (Å²) in [4.78, 5) is 14.0. The predicted octanol–water partition coefficient (Wildman–Crippen LogP) is 13.0. The van der Waals surface area contributed by atoms with Gasteiger partial charge >= 0.3 is 7.82 Å². The Balaban J connectivity index is 1.29.